The number of nitrogens with two attached hydrogens (primary N) is 1. The minimum Gasteiger partial charge on any atom is -0.356 e. The van der Waals surface area contributed by atoms with Crippen LogP contribution in [0.2, 0.25) is 0 Å². The summed E-state index contributed by atoms with van der Waals surface area (Å²) < 4.78 is 0. The summed E-state index contributed by atoms with van der Waals surface area (Å²) in [7, 11) is 0. The minimum atomic E-state index is 0.342. The van der Waals surface area contributed by atoms with Gasteiger partial charge in [-0.2, -0.15) is 0 Å². The number of rotatable bonds is 3. The molecule has 2 fully saturated rings. The SMILES string of the molecule is NC1CCN(c2cc(-c3ccccc3)nc(C3CC3)n2)CC1. The Labute approximate surface area is 131 Å². The molecule has 0 bridgehead atoms. The lowest BCUT2D eigenvalue weighted by molar-refractivity contribution is 0.498. The van der Waals surface area contributed by atoms with Crippen molar-refractivity contribution in [2.75, 3.05) is 18.0 Å². The van der Waals surface area contributed by atoms with Crippen molar-refractivity contribution >= 4 is 5.82 Å². The van der Waals surface area contributed by atoms with Crippen LogP contribution in [0.25, 0.3) is 11.3 Å². The highest BCUT2D eigenvalue weighted by Crippen LogP contribution is 2.39. The highest BCUT2D eigenvalue weighted by molar-refractivity contribution is 5.63. The number of aromatic nitrogens is 2. The summed E-state index contributed by atoms with van der Waals surface area (Å²) in [5, 5.41) is 0. The summed E-state index contributed by atoms with van der Waals surface area (Å²) in [4.78, 5) is 12.0. The van der Waals surface area contributed by atoms with Crippen molar-refractivity contribution < 1.29 is 0 Å². The van der Waals surface area contributed by atoms with E-state index in [0.29, 0.717) is 12.0 Å². The fraction of sp³-hybridized carbons (Fsp3) is 0.444. The molecule has 1 saturated carbocycles. The van der Waals surface area contributed by atoms with Crippen molar-refractivity contribution in [3.63, 3.8) is 0 Å². The number of piperidine rings is 1. The first-order chi connectivity index (χ1) is 10.8. The van der Waals surface area contributed by atoms with Gasteiger partial charge in [0.2, 0.25) is 0 Å². The lowest BCUT2D eigenvalue weighted by Crippen LogP contribution is -2.40. The molecule has 4 rings (SSSR count). The molecule has 1 aliphatic heterocycles. The van der Waals surface area contributed by atoms with Crippen molar-refractivity contribution in [3.8, 4) is 11.3 Å². The average Bonchev–Trinajstić information content (AvgIpc) is 3.41. The second-order valence-corrected chi connectivity index (χ2v) is 6.43. The standard InChI is InChI=1S/C18H22N4/c19-15-8-10-22(11-9-15)17-12-16(13-4-2-1-3-5-13)20-18(21-17)14-6-7-14/h1-5,12,14-15H,6-11,19H2. The van der Waals surface area contributed by atoms with Crippen LogP contribution in [0.3, 0.4) is 0 Å². The average molecular weight is 294 g/mol. The van der Waals surface area contributed by atoms with E-state index in [1.54, 1.807) is 0 Å². The fourth-order valence-electron chi connectivity index (χ4n) is 3.02. The molecule has 2 aliphatic rings. The van der Waals surface area contributed by atoms with E-state index in [0.717, 1.165) is 43.3 Å². The summed E-state index contributed by atoms with van der Waals surface area (Å²) in [5.74, 6) is 2.66. The molecule has 1 aromatic heterocycles. The fourth-order valence-corrected chi connectivity index (χ4v) is 3.02. The van der Waals surface area contributed by atoms with Gasteiger partial charge in [-0.05, 0) is 25.7 Å². The van der Waals surface area contributed by atoms with Crippen LogP contribution in [0.5, 0.6) is 0 Å². The summed E-state index contributed by atoms with van der Waals surface area (Å²) in [6.07, 6.45) is 4.54. The molecule has 0 radical (unpaired) electrons. The Balaban J connectivity index is 1.70. The van der Waals surface area contributed by atoms with E-state index >= 15 is 0 Å². The van der Waals surface area contributed by atoms with Gasteiger partial charge in [0.15, 0.2) is 0 Å². The first-order valence-electron chi connectivity index (χ1n) is 8.24. The molecule has 2 N–H and O–H groups in total. The van der Waals surface area contributed by atoms with E-state index < -0.39 is 0 Å². The highest BCUT2D eigenvalue weighted by Gasteiger charge is 2.28. The number of benzene rings is 1. The van der Waals surface area contributed by atoms with Gasteiger partial charge in [-0.3, -0.25) is 0 Å². The lowest BCUT2D eigenvalue weighted by Gasteiger charge is -2.31. The van der Waals surface area contributed by atoms with Gasteiger partial charge < -0.3 is 10.6 Å². The van der Waals surface area contributed by atoms with Crippen LogP contribution >= 0.6 is 0 Å². The Bertz CT molecular complexity index is 643. The van der Waals surface area contributed by atoms with Gasteiger partial charge in [0.25, 0.3) is 0 Å². The van der Waals surface area contributed by atoms with Crippen LogP contribution in [-0.2, 0) is 0 Å². The number of nitrogens with zero attached hydrogens (tertiary/aromatic N) is 3. The van der Waals surface area contributed by atoms with Gasteiger partial charge in [-0.15, -0.1) is 0 Å². The molecular weight excluding hydrogens is 272 g/mol. The van der Waals surface area contributed by atoms with Crippen LogP contribution in [0.4, 0.5) is 5.82 Å². The first kappa shape index (κ1) is 13.7. The third-order valence-corrected chi connectivity index (χ3v) is 4.61. The van der Waals surface area contributed by atoms with Gasteiger partial charge >= 0.3 is 0 Å². The van der Waals surface area contributed by atoms with Crippen LogP contribution in [0.15, 0.2) is 36.4 Å². The Morgan fingerprint density at radius 1 is 0.955 bits per heavy atom. The second kappa shape index (κ2) is 5.69. The van der Waals surface area contributed by atoms with Gasteiger partial charge in [0.05, 0.1) is 5.69 Å². The molecule has 0 spiro atoms. The topological polar surface area (TPSA) is 55.0 Å². The van der Waals surface area contributed by atoms with Crippen LogP contribution < -0.4 is 10.6 Å². The maximum Gasteiger partial charge on any atom is 0.134 e. The van der Waals surface area contributed by atoms with Gasteiger partial charge in [0, 0.05) is 36.7 Å². The Kier molecular flexibility index (Phi) is 3.54. The van der Waals surface area contributed by atoms with Crippen molar-refractivity contribution in [2.45, 2.75) is 37.6 Å². The minimum absolute atomic E-state index is 0.342. The molecule has 0 unspecified atom stereocenters. The van der Waals surface area contributed by atoms with Crippen LogP contribution in [0, 0.1) is 0 Å². The molecule has 1 saturated heterocycles. The molecule has 1 aromatic carbocycles. The van der Waals surface area contributed by atoms with E-state index in [-0.39, 0.29) is 0 Å². The molecule has 4 heteroatoms. The van der Waals surface area contributed by atoms with E-state index in [4.69, 9.17) is 15.7 Å². The van der Waals surface area contributed by atoms with Crippen molar-refractivity contribution in [3.05, 3.63) is 42.2 Å². The Hall–Kier alpha value is -1.94. The summed E-state index contributed by atoms with van der Waals surface area (Å²) >= 11 is 0. The predicted octanol–water partition coefficient (Wildman–Crippen LogP) is 2.95. The van der Waals surface area contributed by atoms with Gasteiger partial charge in [-0.25, -0.2) is 9.97 Å². The van der Waals surface area contributed by atoms with E-state index in [1.165, 1.54) is 18.4 Å². The molecule has 4 nitrogen and oxygen atoms in total. The van der Waals surface area contributed by atoms with E-state index in [9.17, 15) is 0 Å². The molecular formula is C18H22N4. The highest BCUT2D eigenvalue weighted by atomic mass is 15.2. The monoisotopic (exact) mass is 294 g/mol. The van der Waals surface area contributed by atoms with Crippen LogP contribution in [-0.4, -0.2) is 29.1 Å². The summed E-state index contributed by atoms with van der Waals surface area (Å²) in [6.45, 7) is 1.99. The van der Waals surface area contributed by atoms with Crippen LogP contribution in [0.1, 0.15) is 37.4 Å². The summed E-state index contributed by atoms with van der Waals surface area (Å²) in [5.41, 5.74) is 8.24. The lowest BCUT2D eigenvalue weighted by atomic mass is 10.1. The number of anilines is 1. The molecule has 114 valence electrons. The first-order valence-corrected chi connectivity index (χ1v) is 8.24. The smallest absolute Gasteiger partial charge is 0.134 e. The largest absolute Gasteiger partial charge is 0.356 e. The number of hydrogen-bond acceptors (Lipinski definition) is 4. The Morgan fingerprint density at radius 3 is 2.36 bits per heavy atom. The zero-order valence-electron chi connectivity index (χ0n) is 12.8. The third-order valence-electron chi connectivity index (χ3n) is 4.61. The maximum atomic E-state index is 6.02. The molecule has 2 heterocycles. The third kappa shape index (κ3) is 2.83. The molecule has 2 aromatic rings. The summed E-state index contributed by atoms with van der Waals surface area (Å²) in [6, 6.07) is 12.9. The Morgan fingerprint density at radius 2 is 1.68 bits per heavy atom. The zero-order valence-corrected chi connectivity index (χ0v) is 12.8. The quantitative estimate of drug-likeness (QED) is 0.945. The van der Waals surface area contributed by atoms with Crippen molar-refractivity contribution in [1.29, 1.82) is 0 Å². The zero-order chi connectivity index (χ0) is 14.9. The molecule has 22 heavy (non-hydrogen) atoms. The predicted molar refractivity (Wildman–Crippen MR) is 88.9 cm³/mol. The second-order valence-electron chi connectivity index (χ2n) is 6.43. The molecule has 0 atom stereocenters. The molecule has 0 amide bonds. The van der Waals surface area contributed by atoms with Crippen molar-refractivity contribution in [1.82, 2.24) is 9.97 Å². The molecule has 1 aliphatic carbocycles. The van der Waals surface area contributed by atoms with E-state index in [1.807, 2.05) is 6.07 Å². The van der Waals surface area contributed by atoms with E-state index in [2.05, 4.69) is 35.2 Å². The normalized spacial score (nSPS) is 19.4. The van der Waals surface area contributed by atoms with Gasteiger partial charge in [0.1, 0.15) is 11.6 Å². The van der Waals surface area contributed by atoms with Crippen molar-refractivity contribution in [2.24, 2.45) is 5.73 Å². The maximum absolute atomic E-state index is 6.02. The number of hydrogen-bond donors (Lipinski definition) is 1. The van der Waals surface area contributed by atoms with Gasteiger partial charge in [-0.1, -0.05) is 30.3 Å².